The van der Waals surface area contributed by atoms with Crippen molar-refractivity contribution < 1.29 is 19.1 Å². The molecule has 3 rings (SSSR count). The Balaban J connectivity index is 1.51. The van der Waals surface area contributed by atoms with Gasteiger partial charge in [0.25, 0.3) is 0 Å². The van der Waals surface area contributed by atoms with Gasteiger partial charge in [-0.3, -0.25) is 14.5 Å². The molecule has 1 heterocycles. The lowest BCUT2D eigenvalue weighted by atomic mass is 9.88. The summed E-state index contributed by atoms with van der Waals surface area (Å²) in [5.41, 5.74) is 2.56. The second kappa shape index (κ2) is 9.56. The van der Waals surface area contributed by atoms with Crippen LogP contribution in [0.1, 0.15) is 28.8 Å². The molecule has 1 amide bonds. The first-order valence-electron chi connectivity index (χ1n) is 9.84. The number of nitrogens with zero attached hydrogens (tertiary/aromatic N) is 1. The number of amides is 1. The maximum atomic E-state index is 12.7. The van der Waals surface area contributed by atoms with Crippen molar-refractivity contribution in [1.29, 1.82) is 0 Å². The fourth-order valence-corrected chi connectivity index (χ4v) is 3.59. The molecule has 1 fully saturated rings. The van der Waals surface area contributed by atoms with E-state index in [1.165, 1.54) is 0 Å². The minimum absolute atomic E-state index is 0.0275. The summed E-state index contributed by atoms with van der Waals surface area (Å²) in [4.78, 5) is 27.2. The van der Waals surface area contributed by atoms with Crippen LogP contribution in [-0.4, -0.2) is 50.4 Å². The van der Waals surface area contributed by atoms with Crippen LogP contribution in [0, 0.1) is 12.8 Å². The maximum Gasteiger partial charge on any atom is 0.238 e. The van der Waals surface area contributed by atoms with E-state index in [2.05, 4.69) is 10.2 Å². The van der Waals surface area contributed by atoms with Gasteiger partial charge in [-0.1, -0.05) is 29.8 Å². The van der Waals surface area contributed by atoms with Crippen molar-refractivity contribution in [2.45, 2.75) is 19.8 Å². The molecule has 0 aromatic heterocycles. The van der Waals surface area contributed by atoms with Crippen LogP contribution in [0.15, 0.2) is 42.5 Å². The monoisotopic (exact) mass is 396 g/mol. The first-order chi connectivity index (χ1) is 14.0. The Morgan fingerprint density at radius 2 is 1.59 bits per heavy atom. The van der Waals surface area contributed by atoms with Gasteiger partial charge < -0.3 is 14.8 Å². The van der Waals surface area contributed by atoms with Crippen LogP contribution >= 0.6 is 0 Å². The molecule has 0 spiro atoms. The van der Waals surface area contributed by atoms with E-state index in [0.29, 0.717) is 23.7 Å². The van der Waals surface area contributed by atoms with Gasteiger partial charge in [0.15, 0.2) is 5.78 Å². The Morgan fingerprint density at radius 3 is 2.14 bits per heavy atom. The normalized spacial score (nSPS) is 15.0. The quantitative estimate of drug-likeness (QED) is 0.725. The van der Waals surface area contributed by atoms with Crippen LogP contribution in [0.25, 0.3) is 0 Å². The highest BCUT2D eigenvalue weighted by Gasteiger charge is 2.26. The molecular weight excluding hydrogens is 368 g/mol. The van der Waals surface area contributed by atoms with Crippen LogP contribution in [0.5, 0.6) is 11.5 Å². The van der Waals surface area contributed by atoms with Gasteiger partial charge in [0.05, 0.1) is 20.8 Å². The number of rotatable bonds is 7. The summed E-state index contributed by atoms with van der Waals surface area (Å²) in [6.07, 6.45) is 1.54. The standard InChI is InChI=1S/C23H28N2O4/c1-16-4-6-17(7-5-16)23(27)18-8-10-25(11-9-18)15-22(26)24-19-12-20(28-2)14-21(13-19)29-3/h4-7,12-14,18H,8-11,15H2,1-3H3,(H,24,26). The summed E-state index contributed by atoms with van der Waals surface area (Å²) >= 11 is 0. The fourth-order valence-electron chi connectivity index (χ4n) is 3.59. The number of piperidine rings is 1. The molecular formula is C23H28N2O4. The van der Waals surface area contributed by atoms with E-state index in [-0.39, 0.29) is 17.6 Å². The topological polar surface area (TPSA) is 67.9 Å². The largest absolute Gasteiger partial charge is 0.497 e. The van der Waals surface area contributed by atoms with Gasteiger partial charge in [-0.25, -0.2) is 0 Å². The predicted octanol–water partition coefficient (Wildman–Crippen LogP) is 3.55. The molecule has 1 N–H and O–H groups in total. The third-order valence-corrected chi connectivity index (χ3v) is 5.30. The first-order valence-corrected chi connectivity index (χ1v) is 9.84. The number of carbonyl (C=O) groups excluding carboxylic acids is 2. The Hall–Kier alpha value is -2.86. The Labute approximate surface area is 171 Å². The van der Waals surface area contributed by atoms with E-state index in [1.807, 2.05) is 31.2 Å². The lowest BCUT2D eigenvalue weighted by Gasteiger charge is -2.30. The number of anilines is 1. The fraction of sp³-hybridized carbons (Fsp3) is 0.391. The van der Waals surface area contributed by atoms with Crippen LogP contribution in [-0.2, 0) is 4.79 Å². The highest BCUT2D eigenvalue weighted by Crippen LogP contribution is 2.26. The Morgan fingerprint density at radius 1 is 1.00 bits per heavy atom. The molecule has 6 heteroatoms. The highest BCUT2D eigenvalue weighted by molar-refractivity contribution is 5.98. The second-order valence-corrected chi connectivity index (χ2v) is 7.43. The average Bonchev–Trinajstić information content (AvgIpc) is 2.74. The number of ketones is 1. The molecule has 6 nitrogen and oxygen atoms in total. The Kier molecular flexibility index (Phi) is 6.88. The average molecular weight is 396 g/mol. The number of nitrogens with one attached hydrogen (secondary N) is 1. The van der Waals surface area contributed by atoms with E-state index in [9.17, 15) is 9.59 Å². The number of carbonyl (C=O) groups is 2. The van der Waals surface area contributed by atoms with Crippen molar-refractivity contribution in [2.24, 2.45) is 5.92 Å². The molecule has 0 aliphatic carbocycles. The third-order valence-electron chi connectivity index (χ3n) is 5.30. The molecule has 0 radical (unpaired) electrons. The number of benzene rings is 2. The van der Waals surface area contributed by atoms with E-state index < -0.39 is 0 Å². The van der Waals surface area contributed by atoms with Crippen LogP contribution in [0.4, 0.5) is 5.69 Å². The molecule has 0 atom stereocenters. The maximum absolute atomic E-state index is 12.7. The summed E-state index contributed by atoms with van der Waals surface area (Å²) in [7, 11) is 3.14. The summed E-state index contributed by atoms with van der Waals surface area (Å²) in [6.45, 7) is 3.78. The number of methoxy groups -OCH3 is 2. The minimum Gasteiger partial charge on any atom is -0.497 e. The van der Waals surface area contributed by atoms with Crippen molar-refractivity contribution >= 4 is 17.4 Å². The van der Waals surface area contributed by atoms with Gasteiger partial charge in [0.1, 0.15) is 11.5 Å². The number of aryl methyl sites for hydroxylation is 1. The molecule has 2 aromatic carbocycles. The molecule has 0 bridgehead atoms. The Bertz CT molecular complexity index is 833. The minimum atomic E-state index is -0.0939. The number of Topliss-reactive ketones (excluding diaryl/α,β-unsaturated/α-hetero) is 1. The van der Waals surface area contributed by atoms with E-state index >= 15 is 0 Å². The molecule has 29 heavy (non-hydrogen) atoms. The molecule has 1 aliphatic heterocycles. The van der Waals surface area contributed by atoms with Crippen LogP contribution < -0.4 is 14.8 Å². The molecule has 0 saturated carbocycles. The lowest BCUT2D eigenvalue weighted by Crippen LogP contribution is -2.40. The second-order valence-electron chi connectivity index (χ2n) is 7.43. The van der Waals surface area contributed by atoms with Crippen molar-refractivity contribution in [3.63, 3.8) is 0 Å². The number of hydrogen-bond donors (Lipinski definition) is 1. The number of likely N-dealkylation sites (tertiary alicyclic amines) is 1. The zero-order chi connectivity index (χ0) is 20.8. The van der Waals surface area contributed by atoms with Gasteiger partial charge >= 0.3 is 0 Å². The van der Waals surface area contributed by atoms with Crippen molar-refractivity contribution in [2.75, 3.05) is 39.2 Å². The van der Waals surface area contributed by atoms with E-state index in [4.69, 9.17) is 9.47 Å². The number of ether oxygens (including phenoxy) is 2. The molecule has 1 aliphatic rings. The van der Waals surface area contributed by atoms with E-state index in [0.717, 1.165) is 37.1 Å². The summed E-state index contributed by atoms with van der Waals surface area (Å²) < 4.78 is 10.5. The number of hydrogen-bond acceptors (Lipinski definition) is 5. The zero-order valence-electron chi connectivity index (χ0n) is 17.2. The van der Waals surface area contributed by atoms with Gasteiger partial charge in [0.2, 0.25) is 5.91 Å². The van der Waals surface area contributed by atoms with Crippen LogP contribution in [0.3, 0.4) is 0 Å². The predicted molar refractivity (Wildman–Crippen MR) is 113 cm³/mol. The summed E-state index contributed by atoms with van der Waals surface area (Å²) in [6, 6.07) is 13.0. The van der Waals surface area contributed by atoms with Crippen molar-refractivity contribution in [1.82, 2.24) is 4.90 Å². The smallest absolute Gasteiger partial charge is 0.238 e. The first kappa shape index (κ1) is 20.9. The van der Waals surface area contributed by atoms with Gasteiger partial charge in [0, 0.05) is 35.4 Å². The molecule has 1 saturated heterocycles. The van der Waals surface area contributed by atoms with Gasteiger partial charge in [-0.15, -0.1) is 0 Å². The third kappa shape index (κ3) is 5.57. The molecule has 2 aromatic rings. The molecule has 154 valence electrons. The summed E-state index contributed by atoms with van der Waals surface area (Å²) in [5.74, 6) is 1.38. The van der Waals surface area contributed by atoms with Gasteiger partial charge in [-0.05, 0) is 32.9 Å². The van der Waals surface area contributed by atoms with Crippen molar-refractivity contribution in [3.05, 3.63) is 53.6 Å². The van der Waals surface area contributed by atoms with Crippen LogP contribution in [0.2, 0.25) is 0 Å². The molecule has 0 unspecified atom stereocenters. The lowest BCUT2D eigenvalue weighted by molar-refractivity contribution is -0.117. The van der Waals surface area contributed by atoms with Crippen molar-refractivity contribution in [3.8, 4) is 11.5 Å². The van der Waals surface area contributed by atoms with Gasteiger partial charge in [-0.2, -0.15) is 0 Å². The summed E-state index contributed by atoms with van der Waals surface area (Å²) in [5, 5.41) is 2.90. The van der Waals surface area contributed by atoms with E-state index in [1.54, 1.807) is 32.4 Å². The highest BCUT2D eigenvalue weighted by atomic mass is 16.5. The zero-order valence-corrected chi connectivity index (χ0v) is 17.2. The SMILES string of the molecule is COc1cc(NC(=O)CN2CCC(C(=O)c3ccc(C)cc3)CC2)cc(OC)c1.